The zero-order valence-electron chi connectivity index (χ0n) is 15.3. The molecule has 1 heteroatoms. The van der Waals surface area contributed by atoms with Crippen LogP contribution in [-0.2, 0) is 17.6 Å². The van der Waals surface area contributed by atoms with Gasteiger partial charge in [-0.1, -0.05) is 48.4 Å². The van der Waals surface area contributed by atoms with Gasteiger partial charge in [0.15, 0.2) is 0 Å². The molecule has 5 aliphatic rings. The summed E-state index contributed by atoms with van der Waals surface area (Å²) < 4.78 is 0. The molecule has 0 saturated heterocycles. The maximum Gasteiger partial charge on any atom is 0.141 e. The number of Topliss-reactive ketones (excluding diaryl/α,β-unsaturated/α-hetero) is 1. The van der Waals surface area contributed by atoms with Gasteiger partial charge in [0.2, 0.25) is 0 Å². The topological polar surface area (TPSA) is 17.1 Å². The fourth-order valence-corrected chi connectivity index (χ4v) is 7.87. The van der Waals surface area contributed by atoms with Crippen molar-refractivity contribution in [2.75, 3.05) is 0 Å². The van der Waals surface area contributed by atoms with Crippen LogP contribution < -0.4 is 0 Å². The van der Waals surface area contributed by atoms with Gasteiger partial charge in [0, 0.05) is 23.7 Å². The first-order chi connectivity index (χ1) is 12.7. The second-order valence-corrected chi connectivity index (χ2v) is 9.78. The predicted molar refractivity (Wildman–Crippen MR) is 103 cm³/mol. The van der Waals surface area contributed by atoms with Crippen LogP contribution in [0, 0.1) is 23.2 Å². The highest BCUT2D eigenvalue weighted by atomic mass is 16.1. The minimum absolute atomic E-state index is 0.221. The number of benzene rings is 2. The highest BCUT2D eigenvalue weighted by Crippen LogP contribution is 2.70. The van der Waals surface area contributed by atoms with Crippen LogP contribution in [0.1, 0.15) is 55.2 Å². The number of hydrogen-bond acceptors (Lipinski definition) is 1. The van der Waals surface area contributed by atoms with Gasteiger partial charge >= 0.3 is 0 Å². The van der Waals surface area contributed by atoms with Crippen molar-refractivity contribution in [1.82, 2.24) is 0 Å². The standard InChI is InChI=1S/C25H24O/c1-13-7-21-24-15-5-6-25(21,12-15)20-10-17-9-19-14(8-16(17)11-22(20)26)3-2-4-18(19)23(13)24/h2-4,8-9,13,15,20,23H,5-7,10-12H2,1H3. The number of carbonyl (C=O) groups excluding carboxylic acids is 1. The van der Waals surface area contributed by atoms with Gasteiger partial charge in [0.05, 0.1) is 0 Å². The van der Waals surface area contributed by atoms with Gasteiger partial charge in [-0.2, -0.15) is 0 Å². The summed E-state index contributed by atoms with van der Waals surface area (Å²) in [5.74, 6) is 2.80. The number of fused-ring (bicyclic) bond motifs is 3. The van der Waals surface area contributed by atoms with Gasteiger partial charge in [-0.05, 0) is 71.4 Å². The molecule has 1 fully saturated rings. The van der Waals surface area contributed by atoms with Gasteiger partial charge in [0.25, 0.3) is 0 Å². The van der Waals surface area contributed by atoms with Crippen LogP contribution in [0.15, 0.2) is 41.5 Å². The van der Waals surface area contributed by atoms with Crippen molar-refractivity contribution < 1.29 is 4.79 Å². The first-order valence-corrected chi connectivity index (χ1v) is 10.5. The molecule has 0 radical (unpaired) electrons. The zero-order valence-corrected chi connectivity index (χ0v) is 15.3. The van der Waals surface area contributed by atoms with Crippen LogP contribution in [-0.4, -0.2) is 5.78 Å². The van der Waals surface area contributed by atoms with E-state index in [1.807, 2.05) is 0 Å². The van der Waals surface area contributed by atoms with Gasteiger partial charge < -0.3 is 0 Å². The first-order valence-electron chi connectivity index (χ1n) is 10.5. The van der Waals surface area contributed by atoms with Crippen LogP contribution in [0.5, 0.6) is 0 Å². The number of rotatable bonds is 0. The summed E-state index contributed by atoms with van der Waals surface area (Å²) in [4.78, 5) is 13.3. The van der Waals surface area contributed by atoms with Crippen LogP contribution in [0.4, 0.5) is 0 Å². The molecule has 26 heavy (non-hydrogen) atoms. The Bertz CT molecular complexity index is 1060. The van der Waals surface area contributed by atoms with Crippen molar-refractivity contribution in [2.45, 2.75) is 51.4 Å². The van der Waals surface area contributed by atoms with Crippen LogP contribution >= 0.6 is 0 Å². The maximum absolute atomic E-state index is 13.3. The SMILES string of the molecule is CC1CC2=C3C4CCC2(C4)C2Cc4cc5c(cccc5cc4CC2=O)C31. The van der Waals surface area contributed by atoms with Crippen molar-refractivity contribution in [1.29, 1.82) is 0 Å². The summed E-state index contributed by atoms with van der Waals surface area (Å²) in [5.41, 5.74) is 8.09. The Morgan fingerprint density at radius 3 is 2.96 bits per heavy atom. The molecular formula is C25H24O. The van der Waals surface area contributed by atoms with E-state index in [-0.39, 0.29) is 11.3 Å². The van der Waals surface area contributed by atoms with E-state index in [0.717, 1.165) is 12.3 Å². The lowest BCUT2D eigenvalue weighted by Crippen LogP contribution is -2.39. The maximum atomic E-state index is 13.3. The van der Waals surface area contributed by atoms with E-state index in [1.165, 1.54) is 47.6 Å². The lowest BCUT2D eigenvalue weighted by molar-refractivity contribution is -0.126. The summed E-state index contributed by atoms with van der Waals surface area (Å²) in [6, 6.07) is 11.7. The highest BCUT2D eigenvalue weighted by Gasteiger charge is 2.60. The third kappa shape index (κ3) is 1.43. The molecule has 7 rings (SSSR count). The molecule has 5 atom stereocenters. The van der Waals surface area contributed by atoms with E-state index in [4.69, 9.17) is 0 Å². The van der Waals surface area contributed by atoms with E-state index >= 15 is 0 Å². The van der Waals surface area contributed by atoms with Crippen molar-refractivity contribution in [3.63, 3.8) is 0 Å². The molecule has 5 aliphatic carbocycles. The molecule has 0 amide bonds. The monoisotopic (exact) mass is 340 g/mol. The van der Waals surface area contributed by atoms with Crippen molar-refractivity contribution in [2.24, 2.45) is 23.2 Å². The third-order valence-electron chi connectivity index (χ3n) is 8.78. The molecule has 5 unspecified atom stereocenters. The number of ketones is 1. The fourth-order valence-electron chi connectivity index (χ4n) is 7.87. The van der Waals surface area contributed by atoms with Crippen LogP contribution in [0.25, 0.3) is 10.8 Å². The lowest BCUT2D eigenvalue weighted by Gasteiger charge is -2.40. The van der Waals surface area contributed by atoms with Crippen LogP contribution in [0.2, 0.25) is 0 Å². The summed E-state index contributed by atoms with van der Waals surface area (Å²) in [5, 5.41) is 2.80. The smallest absolute Gasteiger partial charge is 0.141 e. The summed E-state index contributed by atoms with van der Waals surface area (Å²) in [7, 11) is 0. The molecular weight excluding hydrogens is 316 g/mol. The molecule has 2 aromatic carbocycles. The second-order valence-electron chi connectivity index (χ2n) is 9.78. The lowest BCUT2D eigenvalue weighted by atomic mass is 9.62. The average Bonchev–Trinajstić information content (AvgIpc) is 3.28. The Labute approximate surface area is 154 Å². The van der Waals surface area contributed by atoms with Crippen LogP contribution in [0.3, 0.4) is 0 Å². The summed E-state index contributed by atoms with van der Waals surface area (Å²) in [6.07, 6.45) is 6.75. The Morgan fingerprint density at radius 2 is 2.04 bits per heavy atom. The van der Waals surface area contributed by atoms with E-state index in [0.29, 0.717) is 24.0 Å². The molecule has 1 spiro atoms. The van der Waals surface area contributed by atoms with E-state index in [1.54, 1.807) is 16.7 Å². The fraction of sp³-hybridized carbons (Fsp3) is 0.480. The molecule has 0 N–H and O–H groups in total. The Kier molecular flexibility index (Phi) is 2.36. The molecule has 1 nitrogen and oxygen atoms in total. The summed E-state index contributed by atoms with van der Waals surface area (Å²) >= 11 is 0. The summed E-state index contributed by atoms with van der Waals surface area (Å²) in [6.45, 7) is 2.46. The first kappa shape index (κ1) is 14.2. The highest BCUT2D eigenvalue weighted by molar-refractivity contribution is 5.93. The second kappa shape index (κ2) is 4.32. The van der Waals surface area contributed by atoms with Crippen molar-refractivity contribution in [3.05, 3.63) is 58.2 Å². The zero-order chi connectivity index (χ0) is 17.2. The number of carbonyl (C=O) groups is 1. The van der Waals surface area contributed by atoms with Crippen molar-refractivity contribution in [3.8, 4) is 0 Å². The van der Waals surface area contributed by atoms with E-state index < -0.39 is 0 Å². The normalized spacial score (nSPS) is 38.9. The number of hydrogen-bond donors (Lipinski definition) is 0. The third-order valence-corrected chi connectivity index (χ3v) is 8.78. The van der Waals surface area contributed by atoms with Crippen molar-refractivity contribution >= 4 is 16.6 Å². The largest absolute Gasteiger partial charge is 0.299 e. The molecule has 0 aliphatic heterocycles. The quantitative estimate of drug-likeness (QED) is 0.590. The molecule has 0 heterocycles. The average molecular weight is 340 g/mol. The minimum atomic E-state index is 0.221. The molecule has 8 bridgehead atoms. The minimum Gasteiger partial charge on any atom is -0.299 e. The molecule has 130 valence electrons. The van der Waals surface area contributed by atoms with E-state index in [9.17, 15) is 4.79 Å². The Hall–Kier alpha value is -1.89. The molecule has 2 aromatic rings. The number of allylic oxidation sites excluding steroid dienone is 2. The van der Waals surface area contributed by atoms with Gasteiger partial charge in [0.1, 0.15) is 5.78 Å². The molecule has 1 saturated carbocycles. The van der Waals surface area contributed by atoms with Gasteiger partial charge in [-0.25, -0.2) is 0 Å². The predicted octanol–water partition coefficient (Wildman–Crippen LogP) is 5.36. The van der Waals surface area contributed by atoms with Gasteiger partial charge in [-0.3, -0.25) is 4.79 Å². The van der Waals surface area contributed by atoms with E-state index in [2.05, 4.69) is 37.3 Å². The van der Waals surface area contributed by atoms with Gasteiger partial charge in [-0.15, -0.1) is 0 Å². The Balaban J connectivity index is 1.64. The Morgan fingerprint density at radius 1 is 1.12 bits per heavy atom. The molecule has 0 aromatic heterocycles.